The predicted molar refractivity (Wildman–Crippen MR) is 144 cm³/mol. The Morgan fingerprint density at radius 1 is 0.629 bits per heavy atom. The van der Waals surface area contributed by atoms with Gasteiger partial charge in [0.05, 0.1) is 6.54 Å². The number of hydrogen-bond donors (Lipinski definition) is 3. The van der Waals surface area contributed by atoms with Gasteiger partial charge >= 0.3 is 0 Å². The average molecular weight is 474 g/mol. The third kappa shape index (κ3) is 8.71. The first kappa shape index (κ1) is 25.3. The van der Waals surface area contributed by atoms with Crippen LogP contribution in [0, 0.1) is 0 Å². The fourth-order valence-corrected chi connectivity index (χ4v) is 4.32. The molecule has 0 spiro atoms. The smallest absolute Gasteiger partial charge is 0.134 e. The molecule has 0 radical (unpaired) electrons. The molecular formula is C28H39N7. The number of aromatic nitrogens is 2. The summed E-state index contributed by atoms with van der Waals surface area (Å²) in [5.41, 5.74) is 2.60. The van der Waals surface area contributed by atoms with E-state index < -0.39 is 0 Å². The summed E-state index contributed by atoms with van der Waals surface area (Å²) in [6.45, 7) is 10.2. The van der Waals surface area contributed by atoms with Crippen molar-refractivity contribution in [1.29, 1.82) is 0 Å². The van der Waals surface area contributed by atoms with E-state index in [1.165, 1.54) is 24.0 Å². The van der Waals surface area contributed by atoms with Crippen LogP contribution in [0.1, 0.15) is 24.0 Å². The van der Waals surface area contributed by atoms with Crippen molar-refractivity contribution < 1.29 is 0 Å². The SMILES string of the molecule is c1ccc(N(Cc2ccc(CN3CCCNCCNCCCNCC3)cc2)c2ccccn2)nc1. The first-order chi connectivity index (χ1) is 17.4. The second-order valence-corrected chi connectivity index (χ2v) is 9.01. The molecule has 0 saturated carbocycles. The summed E-state index contributed by atoms with van der Waals surface area (Å²) >= 11 is 0. The van der Waals surface area contributed by atoms with E-state index >= 15 is 0 Å². The molecule has 3 N–H and O–H groups in total. The largest absolute Gasteiger partial charge is 0.315 e. The monoisotopic (exact) mass is 473 g/mol. The lowest BCUT2D eigenvalue weighted by Gasteiger charge is -2.24. The highest BCUT2D eigenvalue weighted by Crippen LogP contribution is 2.23. The van der Waals surface area contributed by atoms with Crippen LogP contribution in [0.15, 0.2) is 73.1 Å². The Kier molecular flexibility index (Phi) is 10.5. The molecule has 3 heterocycles. The molecule has 0 atom stereocenters. The zero-order valence-corrected chi connectivity index (χ0v) is 20.7. The second kappa shape index (κ2) is 14.5. The molecule has 1 aromatic carbocycles. The molecule has 1 saturated heterocycles. The molecule has 4 rings (SSSR count). The minimum Gasteiger partial charge on any atom is -0.315 e. The lowest BCUT2D eigenvalue weighted by molar-refractivity contribution is 0.260. The topological polar surface area (TPSA) is 68.3 Å². The van der Waals surface area contributed by atoms with Gasteiger partial charge in [-0.2, -0.15) is 0 Å². The molecule has 0 bridgehead atoms. The van der Waals surface area contributed by atoms with Crippen LogP contribution in [-0.2, 0) is 13.1 Å². The highest BCUT2D eigenvalue weighted by atomic mass is 15.2. The maximum atomic E-state index is 4.57. The predicted octanol–water partition coefficient (Wildman–Crippen LogP) is 3.18. The van der Waals surface area contributed by atoms with Crippen LogP contribution in [0.25, 0.3) is 0 Å². The second-order valence-electron chi connectivity index (χ2n) is 9.01. The van der Waals surface area contributed by atoms with Gasteiger partial charge in [-0.25, -0.2) is 9.97 Å². The molecule has 0 aliphatic carbocycles. The minimum absolute atomic E-state index is 0.725. The molecule has 1 fully saturated rings. The number of nitrogens with one attached hydrogen (secondary N) is 3. The van der Waals surface area contributed by atoms with Gasteiger partial charge in [0, 0.05) is 45.1 Å². The highest BCUT2D eigenvalue weighted by Gasteiger charge is 2.13. The normalized spacial score (nSPS) is 16.9. The summed E-state index contributed by atoms with van der Waals surface area (Å²) in [7, 11) is 0. The number of hydrogen-bond acceptors (Lipinski definition) is 7. The number of benzene rings is 1. The van der Waals surface area contributed by atoms with Crippen molar-refractivity contribution in [2.45, 2.75) is 25.9 Å². The Morgan fingerprint density at radius 2 is 1.23 bits per heavy atom. The van der Waals surface area contributed by atoms with E-state index in [9.17, 15) is 0 Å². The maximum absolute atomic E-state index is 4.57. The Bertz CT molecular complexity index is 897. The molecule has 0 amide bonds. The van der Waals surface area contributed by atoms with Crippen molar-refractivity contribution in [3.8, 4) is 0 Å². The summed E-state index contributed by atoms with van der Waals surface area (Å²) in [5, 5.41) is 10.7. The van der Waals surface area contributed by atoms with Gasteiger partial charge < -0.3 is 20.9 Å². The fourth-order valence-electron chi connectivity index (χ4n) is 4.32. The zero-order chi connectivity index (χ0) is 24.0. The summed E-state index contributed by atoms with van der Waals surface area (Å²) in [5.74, 6) is 1.80. The molecule has 2 aromatic heterocycles. The Morgan fingerprint density at radius 3 is 1.86 bits per heavy atom. The van der Waals surface area contributed by atoms with Crippen LogP contribution in [0.3, 0.4) is 0 Å². The lowest BCUT2D eigenvalue weighted by atomic mass is 10.1. The molecule has 7 nitrogen and oxygen atoms in total. The molecule has 7 heteroatoms. The first-order valence-corrected chi connectivity index (χ1v) is 12.9. The van der Waals surface area contributed by atoms with Crippen molar-refractivity contribution in [3.05, 3.63) is 84.2 Å². The molecule has 1 aliphatic rings. The van der Waals surface area contributed by atoms with Crippen molar-refractivity contribution >= 4 is 11.6 Å². The average Bonchev–Trinajstić information content (AvgIpc) is 2.91. The molecular weight excluding hydrogens is 434 g/mol. The van der Waals surface area contributed by atoms with Gasteiger partial charge in [0.25, 0.3) is 0 Å². The molecule has 35 heavy (non-hydrogen) atoms. The van der Waals surface area contributed by atoms with Crippen LogP contribution in [0.5, 0.6) is 0 Å². The third-order valence-electron chi connectivity index (χ3n) is 6.24. The Labute approximate surface area is 210 Å². The van der Waals surface area contributed by atoms with Gasteiger partial charge in [0.1, 0.15) is 11.6 Å². The Hall–Kier alpha value is -2.84. The van der Waals surface area contributed by atoms with E-state index in [4.69, 9.17) is 0 Å². The van der Waals surface area contributed by atoms with Gasteiger partial charge in [-0.05, 0) is 74.4 Å². The van der Waals surface area contributed by atoms with E-state index in [1.54, 1.807) is 0 Å². The van der Waals surface area contributed by atoms with Gasteiger partial charge in [0.2, 0.25) is 0 Å². The van der Waals surface area contributed by atoms with Gasteiger partial charge in [-0.15, -0.1) is 0 Å². The minimum atomic E-state index is 0.725. The quantitative estimate of drug-likeness (QED) is 0.508. The van der Waals surface area contributed by atoms with Crippen LogP contribution in [0.2, 0.25) is 0 Å². The van der Waals surface area contributed by atoms with Crippen molar-refractivity contribution in [1.82, 2.24) is 30.8 Å². The van der Waals surface area contributed by atoms with Crippen LogP contribution in [0.4, 0.5) is 11.6 Å². The third-order valence-corrected chi connectivity index (χ3v) is 6.24. The van der Waals surface area contributed by atoms with E-state index in [2.05, 4.69) is 60.0 Å². The standard InChI is InChI=1S/C28H39N7/c1-3-16-32-27(7-1)35(28-8-2-4-17-33-28)24-26-11-9-25(10-12-26)23-34-21-6-15-30-19-18-29-13-5-14-31-20-22-34/h1-4,7-12,16-17,29-31H,5-6,13-15,18-24H2. The number of nitrogens with zero attached hydrogens (tertiary/aromatic N) is 4. The van der Waals surface area contributed by atoms with Crippen LogP contribution in [-0.4, -0.2) is 67.2 Å². The van der Waals surface area contributed by atoms with E-state index in [0.29, 0.717) is 0 Å². The van der Waals surface area contributed by atoms with Crippen LogP contribution >= 0.6 is 0 Å². The van der Waals surface area contributed by atoms with E-state index in [1.807, 2.05) is 48.8 Å². The Balaban J connectivity index is 1.37. The zero-order valence-electron chi connectivity index (χ0n) is 20.7. The highest BCUT2D eigenvalue weighted by molar-refractivity contribution is 5.55. The number of pyridine rings is 2. The molecule has 0 unspecified atom stereocenters. The van der Waals surface area contributed by atoms with E-state index in [-0.39, 0.29) is 0 Å². The molecule has 186 valence electrons. The van der Waals surface area contributed by atoms with E-state index in [0.717, 1.165) is 77.1 Å². The summed E-state index contributed by atoms with van der Waals surface area (Å²) in [6.07, 6.45) is 6.00. The van der Waals surface area contributed by atoms with Crippen molar-refractivity contribution in [2.24, 2.45) is 0 Å². The summed E-state index contributed by atoms with van der Waals surface area (Å²) in [4.78, 5) is 13.9. The number of anilines is 2. The molecule has 1 aliphatic heterocycles. The molecule has 3 aromatic rings. The van der Waals surface area contributed by atoms with Crippen molar-refractivity contribution in [2.75, 3.05) is 57.3 Å². The fraction of sp³-hybridized carbons (Fsp3) is 0.429. The van der Waals surface area contributed by atoms with Gasteiger partial charge in [-0.3, -0.25) is 4.90 Å². The first-order valence-electron chi connectivity index (χ1n) is 12.9. The number of rotatable bonds is 6. The van der Waals surface area contributed by atoms with Gasteiger partial charge in [0.15, 0.2) is 0 Å². The van der Waals surface area contributed by atoms with Crippen molar-refractivity contribution in [3.63, 3.8) is 0 Å². The van der Waals surface area contributed by atoms with Crippen LogP contribution < -0.4 is 20.9 Å². The lowest BCUT2D eigenvalue weighted by Crippen LogP contribution is -2.36. The maximum Gasteiger partial charge on any atom is 0.134 e. The van der Waals surface area contributed by atoms with Gasteiger partial charge in [-0.1, -0.05) is 36.4 Å². The summed E-state index contributed by atoms with van der Waals surface area (Å²) in [6, 6.07) is 21.0. The summed E-state index contributed by atoms with van der Waals surface area (Å²) < 4.78 is 0.